The van der Waals surface area contributed by atoms with Crippen LogP contribution in [0.5, 0.6) is 0 Å². The van der Waals surface area contributed by atoms with Crippen molar-refractivity contribution in [3.05, 3.63) is 58.9 Å². The molecule has 0 unspecified atom stereocenters. The molecule has 3 nitrogen and oxygen atoms in total. The minimum atomic E-state index is 0.702. The van der Waals surface area contributed by atoms with E-state index in [2.05, 4.69) is 15.3 Å². The SMILES string of the molecule is Cc1ccc(Cl)cc1Nc1ncnc2c(C)cccc12. The van der Waals surface area contributed by atoms with Gasteiger partial charge in [0.25, 0.3) is 0 Å². The van der Waals surface area contributed by atoms with Gasteiger partial charge in [-0.3, -0.25) is 0 Å². The Morgan fingerprint density at radius 1 is 1.00 bits per heavy atom. The normalized spacial score (nSPS) is 10.8. The molecule has 3 aromatic rings. The van der Waals surface area contributed by atoms with Crippen LogP contribution >= 0.6 is 11.6 Å². The number of halogens is 1. The Balaban J connectivity index is 2.11. The van der Waals surface area contributed by atoms with E-state index in [1.54, 1.807) is 6.33 Å². The summed E-state index contributed by atoms with van der Waals surface area (Å²) >= 11 is 6.05. The van der Waals surface area contributed by atoms with E-state index in [1.807, 2.05) is 50.2 Å². The minimum absolute atomic E-state index is 0.702. The van der Waals surface area contributed by atoms with Gasteiger partial charge in [0.05, 0.1) is 5.52 Å². The number of nitrogens with zero attached hydrogens (tertiary/aromatic N) is 2. The van der Waals surface area contributed by atoms with Crippen LogP contribution in [0.1, 0.15) is 11.1 Å². The highest BCUT2D eigenvalue weighted by atomic mass is 35.5. The van der Waals surface area contributed by atoms with Gasteiger partial charge in [-0.2, -0.15) is 0 Å². The first-order chi connectivity index (χ1) is 9.65. The average Bonchev–Trinajstić information content (AvgIpc) is 2.44. The summed E-state index contributed by atoms with van der Waals surface area (Å²) in [6.07, 6.45) is 1.58. The number of anilines is 2. The van der Waals surface area contributed by atoms with Crippen molar-refractivity contribution in [2.75, 3.05) is 5.32 Å². The van der Waals surface area contributed by atoms with Crippen molar-refractivity contribution in [2.24, 2.45) is 0 Å². The first-order valence-electron chi connectivity index (χ1n) is 6.38. The second kappa shape index (κ2) is 5.10. The van der Waals surface area contributed by atoms with Crippen molar-refractivity contribution in [1.82, 2.24) is 9.97 Å². The quantitative estimate of drug-likeness (QED) is 0.744. The van der Waals surface area contributed by atoms with E-state index in [-0.39, 0.29) is 0 Å². The predicted molar refractivity (Wildman–Crippen MR) is 83.7 cm³/mol. The predicted octanol–water partition coefficient (Wildman–Crippen LogP) is 4.64. The molecule has 0 atom stereocenters. The largest absolute Gasteiger partial charge is 0.339 e. The molecule has 0 amide bonds. The molecule has 0 saturated carbocycles. The lowest BCUT2D eigenvalue weighted by Crippen LogP contribution is -1.98. The molecule has 100 valence electrons. The third kappa shape index (κ3) is 2.32. The first-order valence-corrected chi connectivity index (χ1v) is 6.76. The highest BCUT2D eigenvalue weighted by molar-refractivity contribution is 6.30. The number of hydrogen-bond acceptors (Lipinski definition) is 3. The molecular weight excluding hydrogens is 270 g/mol. The average molecular weight is 284 g/mol. The standard InChI is InChI=1S/C16H14ClN3/c1-10-6-7-12(17)8-14(10)20-16-13-5-3-4-11(2)15(13)18-9-19-16/h3-9H,1-2H3,(H,18,19,20). The molecule has 0 saturated heterocycles. The van der Waals surface area contributed by atoms with Crippen LogP contribution in [0.2, 0.25) is 5.02 Å². The van der Waals surface area contributed by atoms with Crippen LogP contribution in [-0.2, 0) is 0 Å². The number of fused-ring (bicyclic) bond motifs is 1. The van der Waals surface area contributed by atoms with Crippen LogP contribution in [-0.4, -0.2) is 9.97 Å². The number of nitrogens with one attached hydrogen (secondary N) is 1. The zero-order chi connectivity index (χ0) is 14.1. The van der Waals surface area contributed by atoms with Gasteiger partial charge in [0, 0.05) is 16.1 Å². The summed E-state index contributed by atoms with van der Waals surface area (Å²) in [5.74, 6) is 0.795. The van der Waals surface area contributed by atoms with Gasteiger partial charge in [0.2, 0.25) is 0 Å². The highest BCUT2D eigenvalue weighted by Gasteiger charge is 2.07. The van der Waals surface area contributed by atoms with Gasteiger partial charge in [-0.15, -0.1) is 0 Å². The van der Waals surface area contributed by atoms with Gasteiger partial charge in [-0.1, -0.05) is 29.8 Å². The van der Waals surface area contributed by atoms with Crippen molar-refractivity contribution in [1.29, 1.82) is 0 Å². The topological polar surface area (TPSA) is 37.8 Å². The molecule has 3 rings (SSSR count). The van der Waals surface area contributed by atoms with Crippen LogP contribution < -0.4 is 5.32 Å². The lowest BCUT2D eigenvalue weighted by Gasteiger charge is -2.11. The molecule has 20 heavy (non-hydrogen) atoms. The Labute approximate surface area is 122 Å². The molecule has 1 N–H and O–H groups in total. The number of benzene rings is 2. The summed E-state index contributed by atoms with van der Waals surface area (Å²) in [4.78, 5) is 8.69. The first kappa shape index (κ1) is 12.9. The van der Waals surface area contributed by atoms with E-state index in [4.69, 9.17) is 11.6 Å². The maximum atomic E-state index is 6.05. The fourth-order valence-corrected chi connectivity index (χ4v) is 2.36. The number of rotatable bonds is 2. The van der Waals surface area contributed by atoms with E-state index < -0.39 is 0 Å². The molecule has 0 aliphatic heterocycles. The van der Waals surface area contributed by atoms with Gasteiger partial charge in [-0.25, -0.2) is 9.97 Å². The molecule has 0 fully saturated rings. The maximum absolute atomic E-state index is 6.05. The van der Waals surface area contributed by atoms with Crippen molar-refractivity contribution >= 4 is 34.0 Å². The van der Waals surface area contributed by atoms with Crippen LogP contribution in [0.15, 0.2) is 42.7 Å². The number of aryl methyl sites for hydroxylation is 2. The van der Waals surface area contributed by atoms with Gasteiger partial charge < -0.3 is 5.32 Å². The molecule has 1 aromatic heterocycles. The van der Waals surface area contributed by atoms with Gasteiger partial charge in [0.15, 0.2) is 0 Å². The smallest absolute Gasteiger partial charge is 0.141 e. The zero-order valence-corrected chi connectivity index (χ0v) is 12.1. The number of hydrogen-bond donors (Lipinski definition) is 1. The lowest BCUT2D eigenvalue weighted by atomic mass is 10.1. The van der Waals surface area contributed by atoms with E-state index in [0.29, 0.717) is 5.02 Å². The summed E-state index contributed by atoms with van der Waals surface area (Å²) in [7, 11) is 0. The fraction of sp³-hybridized carbons (Fsp3) is 0.125. The third-order valence-corrected chi connectivity index (χ3v) is 3.55. The fourth-order valence-electron chi connectivity index (χ4n) is 2.19. The van der Waals surface area contributed by atoms with Crippen LogP contribution in [0.25, 0.3) is 10.9 Å². The Kier molecular flexibility index (Phi) is 3.28. The number of para-hydroxylation sites is 1. The Hall–Kier alpha value is -2.13. The highest BCUT2D eigenvalue weighted by Crippen LogP contribution is 2.27. The monoisotopic (exact) mass is 283 g/mol. The minimum Gasteiger partial charge on any atom is -0.339 e. The van der Waals surface area contributed by atoms with Crippen LogP contribution in [0.4, 0.5) is 11.5 Å². The van der Waals surface area contributed by atoms with Crippen molar-refractivity contribution in [3.63, 3.8) is 0 Å². The van der Waals surface area contributed by atoms with E-state index >= 15 is 0 Å². The van der Waals surface area contributed by atoms with Crippen molar-refractivity contribution in [2.45, 2.75) is 13.8 Å². The molecule has 0 aliphatic carbocycles. The second-order valence-electron chi connectivity index (χ2n) is 4.78. The van der Waals surface area contributed by atoms with Crippen molar-refractivity contribution in [3.8, 4) is 0 Å². The van der Waals surface area contributed by atoms with Crippen molar-refractivity contribution < 1.29 is 0 Å². The Morgan fingerprint density at radius 3 is 2.70 bits per heavy atom. The van der Waals surface area contributed by atoms with E-state index in [1.165, 1.54) is 0 Å². The Bertz CT molecular complexity index is 784. The zero-order valence-electron chi connectivity index (χ0n) is 11.3. The molecule has 0 radical (unpaired) electrons. The molecule has 2 aromatic carbocycles. The summed E-state index contributed by atoms with van der Waals surface area (Å²) in [6, 6.07) is 11.8. The molecule has 0 bridgehead atoms. The summed E-state index contributed by atoms with van der Waals surface area (Å²) < 4.78 is 0. The van der Waals surface area contributed by atoms with Gasteiger partial charge in [-0.05, 0) is 43.2 Å². The Morgan fingerprint density at radius 2 is 1.85 bits per heavy atom. The molecule has 0 aliphatic rings. The van der Waals surface area contributed by atoms with E-state index in [0.717, 1.165) is 33.5 Å². The molecule has 0 spiro atoms. The van der Waals surface area contributed by atoms with Gasteiger partial charge >= 0.3 is 0 Å². The van der Waals surface area contributed by atoms with Gasteiger partial charge in [0.1, 0.15) is 12.1 Å². The molecule has 4 heteroatoms. The molecular formula is C16H14ClN3. The maximum Gasteiger partial charge on any atom is 0.141 e. The van der Waals surface area contributed by atoms with Crippen LogP contribution in [0.3, 0.4) is 0 Å². The van der Waals surface area contributed by atoms with Crippen LogP contribution in [0, 0.1) is 13.8 Å². The summed E-state index contributed by atoms with van der Waals surface area (Å²) in [5.41, 5.74) is 4.17. The van der Waals surface area contributed by atoms with E-state index in [9.17, 15) is 0 Å². The summed E-state index contributed by atoms with van der Waals surface area (Å²) in [5, 5.41) is 5.06. The lowest BCUT2D eigenvalue weighted by molar-refractivity contribution is 1.21. The number of aromatic nitrogens is 2. The third-order valence-electron chi connectivity index (χ3n) is 3.32. The second-order valence-corrected chi connectivity index (χ2v) is 5.21. The molecule has 1 heterocycles. The summed E-state index contributed by atoms with van der Waals surface area (Å²) in [6.45, 7) is 4.08.